The number of hydrogen-bond donors (Lipinski definition) is 0. The second kappa shape index (κ2) is 8.95. The fraction of sp³-hybridized carbons (Fsp3) is 0.364. The molecular weight excluding hydrogens is 441 g/mol. The van der Waals surface area contributed by atoms with Crippen LogP contribution in [-0.4, -0.2) is 30.6 Å². The first kappa shape index (κ1) is 21.3. The highest BCUT2D eigenvalue weighted by Gasteiger charge is 2.43. The standard InChI is InChI=1S/C22H23BrFNO4/c1-15(16-4-3-5-18(23)14-16)25-13-12-22(29-21(25)27,11-10-20(26)28-2)17-6-8-19(24)9-7-17/h3-9,14-15H,10-13H2,1-2H3/t15-,22?/m0/s1. The van der Waals surface area contributed by atoms with Crippen molar-refractivity contribution in [2.24, 2.45) is 0 Å². The molecule has 29 heavy (non-hydrogen) atoms. The van der Waals surface area contributed by atoms with Crippen LogP contribution in [0.15, 0.2) is 53.0 Å². The summed E-state index contributed by atoms with van der Waals surface area (Å²) in [7, 11) is 1.32. The maximum absolute atomic E-state index is 13.4. The van der Waals surface area contributed by atoms with Gasteiger partial charge in [-0.2, -0.15) is 0 Å². The quantitative estimate of drug-likeness (QED) is 0.542. The molecule has 2 atom stereocenters. The van der Waals surface area contributed by atoms with Gasteiger partial charge in [-0.25, -0.2) is 9.18 Å². The number of rotatable bonds is 6. The van der Waals surface area contributed by atoms with Crippen molar-refractivity contribution in [2.45, 2.75) is 37.8 Å². The van der Waals surface area contributed by atoms with Crippen LogP contribution in [0.4, 0.5) is 9.18 Å². The number of ether oxygens (including phenoxy) is 2. The van der Waals surface area contributed by atoms with E-state index in [0.29, 0.717) is 18.5 Å². The molecule has 1 aliphatic rings. The Hall–Kier alpha value is -2.41. The lowest BCUT2D eigenvalue weighted by molar-refractivity contribution is -0.143. The Balaban J connectivity index is 1.84. The molecule has 0 spiro atoms. The van der Waals surface area contributed by atoms with Crippen LogP contribution in [0.1, 0.15) is 43.4 Å². The van der Waals surface area contributed by atoms with Crippen molar-refractivity contribution >= 4 is 28.0 Å². The lowest BCUT2D eigenvalue weighted by Crippen LogP contribution is -2.49. The minimum Gasteiger partial charge on any atom is -0.469 e. The number of carbonyl (C=O) groups is 2. The van der Waals surface area contributed by atoms with E-state index in [1.54, 1.807) is 17.0 Å². The number of hydrogen-bond acceptors (Lipinski definition) is 4. The molecule has 1 aliphatic heterocycles. The monoisotopic (exact) mass is 463 g/mol. The molecule has 1 heterocycles. The first-order valence-corrected chi connectivity index (χ1v) is 10.2. The number of cyclic esters (lactones) is 1. The van der Waals surface area contributed by atoms with Crippen LogP contribution in [0.2, 0.25) is 0 Å². The molecule has 2 aromatic rings. The van der Waals surface area contributed by atoms with Crippen LogP contribution in [0, 0.1) is 5.82 Å². The van der Waals surface area contributed by atoms with Crippen LogP contribution in [-0.2, 0) is 19.9 Å². The molecule has 1 saturated heterocycles. The van der Waals surface area contributed by atoms with Crippen molar-refractivity contribution in [3.63, 3.8) is 0 Å². The summed E-state index contributed by atoms with van der Waals surface area (Å²) >= 11 is 3.46. The molecule has 154 valence electrons. The van der Waals surface area contributed by atoms with Gasteiger partial charge in [0, 0.05) is 30.3 Å². The van der Waals surface area contributed by atoms with Crippen molar-refractivity contribution < 1.29 is 23.5 Å². The number of carbonyl (C=O) groups excluding carboxylic acids is 2. The summed E-state index contributed by atoms with van der Waals surface area (Å²) in [5.41, 5.74) is 0.665. The summed E-state index contributed by atoms with van der Waals surface area (Å²) in [4.78, 5) is 26.3. The maximum Gasteiger partial charge on any atom is 0.411 e. The van der Waals surface area contributed by atoms with E-state index in [-0.39, 0.29) is 30.7 Å². The normalized spacial score (nSPS) is 20.1. The highest BCUT2D eigenvalue weighted by Crippen LogP contribution is 2.40. The molecule has 7 heteroatoms. The number of nitrogens with zero attached hydrogens (tertiary/aromatic N) is 1. The molecule has 5 nitrogen and oxygen atoms in total. The van der Waals surface area contributed by atoms with E-state index < -0.39 is 11.7 Å². The Morgan fingerprint density at radius 1 is 1.31 bits per heavy atom. The second-order valence-corrected chi connectivity index (χ2v) is 8.04. The van der Waals surface area contributed by atoms with Crippen LogP contribution in [0.3, 0.4) is 0 Å². The van der Waals surface area contributed by atoms with Crippen molar-refractivity contribution in [1.82, 2.24) is 4.90 Å². The van der Waals surface area contributed by atoms with Crippen LogP contribution in [0.5, 0.6) is 0 Å². The zero-order chi connectivity index (χ0) is 21.0. The van der Waals surface area contributed by atoms with Crippen molar-refractivity contribution in [2.75, 3.05) is 13.7 Å². The zero-order valence-electron chi connectivity index (χ0n) is 16.4. The van der Waals surface area contributed by atoms with Crippen LogP contribution < -0.4 is 0 Å². The van der Waals surface area contributed by atoms with Gasteiger partial charge in [0.05, 0.1) is 13.2 Å². The summed E-state index contributed by atoms with van der Waals surface area (Å²) in [5.74, 6) is -0.753. The third-order valence-electron chi connectivity index (χ3n) is 5.40. The van der Waals surface area contributed by atoms with Gasteiger partial charge >= 0.3 is 12.1 Å². The van der Waals surface area contributed by atoms with Gasteiger partial charge in [-0.3, -0.25) is 4.79 Å². The average Bonchev–Trinajstić information content (AvgIpc) is 2.72. The van der Waals surface area contributed by atoms with Gasteiger partial charge in [-0.05, 0) is 42.3 Å². The summed E-state index contributed by atoms with van der Waals surface area (Å²) in [6.07, 6.45) is 0.399. The Kier molecular flexibility index (Phi) is 6.57. The third-order valence-corrected chi connectivity index (χ3v) is 5.90. The fourth-order valence-corrected chi connectivity index (χ4v) is 4.07. The van der Waals surface area contributed by atoms with Crippen molar-refractivity contribution in [1.29, 1.82) is 0 Å². The predicted octanol–water partition coefficient (Wildman–Crippen LogP) is 5.34. The lowest BCUT2D eigenvalue weighted by atomic mass is 9.84. The van der Waals surface area contributed by atoms with E-state index >= 15 is 0 Å². The van der Waals surface area contributed by atoms with E-state index in [1.807, 2.05) is 31.2 Å². The third kappa shape index (κ3) is 4.78. The van der Waals surface area contributed by atoms with E-state index in [9.17, 15) is 14.0 Å². The van der Waals surface area contributed by atoms with Crippen molar-refractivity contribution in [3.8, 4) is 0 Å². The smallest absolute Gasteiger partial charge is 0.411 e. The summed E-state index contributed by atoms with van der Waals surface area (Å²) in [6, 6.07) is 13.5. The molecule has 0 N–H and O–H groups in total. The molecule has 2 aromatic carbocycles. The number of esters is 1. The maximum atomic E-state index is 13.4. The second-order valence-electron chi connectivity index (χ2n) is 7.12. The Bertz CT molecular complexity index is 889. The van der Waals surface area contributed by atoms with Gasteiger partial charge in [0.15, 0.2) is 0 Å². The molecular formula is C22H23BrFNO4. The summed E-state index contributed by atoms with van der Waals surface area (Å²) < 4.78 is 25.0. The zero-order valence-corrected chi connectivity index (χ0v) is 17.9. The SMILES string of the molecule is COC(=O)CCC1(c2ccc(F)cc2)CCN([C@@H](C)c2cccc(Br)c2)C(=O)O1. The first-order valence-electron chi connectivity index (χ1n) is 9.42. The highest BCUT2D eigenvalue weighted by atomic mass is 79.9. The molecule has 0 radical (unpaired) electrons. The fourth-order valence-electron chi connectivity index (χ4n) is 3.65. The van der Waals surface area contributed by atoms with Gasteiger partial charge in [0.1, 0.15) is 11.4 Å². The minimum absolute atomic E-state index is 0.0995. The average molecular weight is 464 g/mol. The number of methoxy groups -OCH3 is 1. The number of amides is 1. The van der Waals surface area contributed by atoms with E-state index in [1.165, 1.54) is 19.2 Å². The predicted molar refractivity (Wildman–Crippen MR) is 110 cm³/mol. The molecule has 1 unspecified atom stereocenters. The molecule has 0 aromatic heterocycles. The molecule has 1 fully saturated rings. The Labute approximate surface area is 177 Å². The first-order chi connectivity index (χ1) is 13.8. The summed E-state index contributed by atoms with van der Waals surface area (Å²) in [5, 5.41) is 0. The minimum atomic E-state index is -0.994. The van der Waals surface area contributed by atoms with Crippen LogP contribution >= 0.6 is 15.9 Å². The topological polar surface area (TPSA) is 55.8 Å². The largest absolute Gasteiger partial charge is 0.469 e. The summed E-state index contributed by atoms with van der Waals surface area (Å²) in [6.45, 7) is 2.40. The highest BCUT2D eigenvalue weighted by molar-refractivity contribution is 9.10. The van der Waals surface area contributed by atoms with Gasteiger partial charge in [0.2, 0.25) is 0 Å². The molecule has 0 bridgehead atoms. The molecule has 3 rings (SSSR count). The van der Waals surface area contributed by atoms with E-state index in [4.69, 9.17) is 9.47 Å². The van der Waals surface area contributed by atoms with Gasteiger partial charge < -0.3 is 14.4 Å². The molecule has 0 aliphatic carbocycles. The molecule has 0 saturated carbocycles. The lowest BCUT2D eigenvalue weighted by Gasteiger charge is -2.43. The van der Waals surface area contributed by atoms with Gasteiger partial charge in [-0.15, -0.1) is 0 Å². The van der Waals surface area contributed by atoms with E-state index in [0.717, 1.165) is 10.0 Å². The molecule has 1 amide bonds. The van der Waals surface area contributed by atoms with Crippen molar-refractivity contribution in [3.05, 3.63) is 69.9 Å². The number of halogens is 2. The Morgan fingerprint density at radius 2 is 2.03 bits per heavy atom. The van der Waals surface area contributed by atoms with Crippen LogP contribution in [0.25, 0.3) is 0 Å². The van der Waals surface area contributed by atoms with Gasteiger partial charge in [-0.1, -0.05) is 40.2 Å². The van der Waals surface area contributed by atoms with E-state index in [2.05, 4.69) is 15.9 Å². The van der Waals surface area contributed by atoms with Gasteiger partial charge in [0.25, 0.3) is 0 Å². The number of benzene rings is 2. The Morgan fingerprint density at radius 3 is 2.66 bits per heavy atom.